The van der Waals surface area contributed by atoms with Crippen LogP contribution in [-0.2, 0) is 24.3 Å². The number of carbonyl (C=O) groups is 2. The number of amides is 1. The van der Waals surface area contributed by atoms with E-state index in [0.29, 0.717) is 71.9 Å². The summed E-state index contributed by atoms with van der Waals surface area (Å²) < 4.78 is 41.5. The fourth-order valence-electron chi connectivity index (χ4n) is 6.42. The van der Waals surface area contributed by atoms with Crippen LogP contribution < -0.4 is 5.32 Å². The van der Waals surface area contributed by atoms with Crippen LogP contribution in [0.25, 0.3) is 11.4 Å². The second-order valence-corrected chi connectivity index (χ2v) is 16.0. The number of benzene rings is 2. The Hall–Kier alpha value is -3.26. The SMILES string of the molecule is CC[C@@H](C)n1c(SCC(=O)Nc2ccccc2C(=O)O[C@H]2C[C@H](C)CC[C@@H]2C(C)C)nnc1-c1cccc(S(=O)(=O)N2CCOCC2)c1. The van der Waals surface area contributed by atoms with E-state index < -0.39 is 16.0 Å². The maximum atomic E-state index is 13.4. The number of esters is 1. The summed E-state index contributed by atoms with van der Waals surface area (Å²) in [5, 5.41) is 12.3. The Balaban J connectivity index is 1.29. The van der Waals surface area contributed by atoms with Gasteiger partial charge in [-0.15, -0.1) is 10.2 Å². The van der Waals surface area contributed by atoms with Crippen molar-refractivity contribution in [2.45, 2.75) is 82.5 Å². The molecule has 1 N–H and O–H groups in total. The number of thioether (sulfide) groups is 1. The number of ether oxygens (including phenoxy) is 2. The number of morpholine rings is 1. The molecule has 4 atom stereocenters. The molecule has 5 rings (SSSR count). The summed E-state index contributed by atoms with van der Waals surface area (Å²) >= 11 is 1.23. The first kappa shape index (κ1) is 36.0. The van der Waals surface area contributed by atoms with E-state index in [4.69, 9.17) is 9.47 Å². The molecule has 2 aromatic carbocycles. The van der Waals surface area contributed by atoms with Crippen molar-refractivity contribution >= 4 is 39.3 Å². The van der Waals surface area contributed by atoms with Gasteiger partial charge < -0.3 is 14.8 Å². The molecule has 260 valence electrons. The molecule has 13 heteroatoms. The molecular weight excluding hydrogens is 651 g/mol. The molecule has 2 fully saturated rings. The van der Waals surface area contributed by atoms with Gasteiger partial charge >= 0.3 is 5.97 Å². The van der Waals surface area contributed by atoms with Crippen LogP contribution in [0.2, 0.25) is 0 Å². The zero-order valence-electron chi connectivity index (χ0n) is 28.4. The first-order chi connectivity index (χ1) is 23.0. The molecule has 0 spiro atoms. The number of sulfonamides is 1. The third kappa shape index (κ3) is 8.30. The van der Waals surface area contributed by atoms with E-state index in [-0.39, 0.29) is 28.7 Å². The van der Waals surface area contributed by atoms with Crippen molar-refractivity contribution in [2.75, 3.05) is 37.4 Å². The van der Waals surface area contributed by atoms with Crippen molar-refractivity contribution in [3.63, 3.8) is 0 Å². The number of rotatable bonds is 12. The summed E-state index contributed by atoms with van der Waals surface area (Å²) in [6.07, 6.45) is 3.63. The smallest absolute Gasteiger partial charge is 0.340 e. The maximum absolute atomic E-state index is 13.4. The van der Waals surface area contributed by atoms with Gasteiger partial charge in [-0.25, -0.2) is 13.2 Å². The summed E-state index contributed by atoms with van der Waals surface area (Å²) in [5.41, 5.74) is 1.35. The highest BCUT2D eigenvalue weighted by atomic mass is 32.2. The number of carbonyl (C=O) groups excluding carboxylic acids is 2. The summed E-state index contributed by atoms with van der Waals surface area (Å²) in [4.78, 5) is 26.8. The van der Waals surface area contributed by atoms with Gasteiger partial charge in [0.2, 0.25) is 15.9 Å². The van der Waals surface area contributed by atoms with Gasteiger partial charge in [0.1, 0.15) is 6.10 Å². The maximum Gasteiger partial charge on any atom is 0.340 e. The van der Waals surface area contributed by atoms with Crippen LogP contribution in [-0.4, -0.2) is 77.5 Å². The summed E-state index contributed by atoms with van der Waals surface area (Å²) in [6.45, 7) is 12.0. The number of aromatic nitrogens is 3. The van der Waals surface area contributed by atoms with E-state index in [1.54, 1.807) is 42.5 Å². The molecule has 3 aromatic rings. The molecule has 0 bridgehead atoms. The van der Waals surface area contributed by atoms with Crippen LogP contribution in [0.1, 0.15) is 76.7 Å². The molecular formula is C35H47N5O6S2. The fourth-order valence-corrected chi connectivity index (χ4v) is 8.71. The highest BCUT2D eigenvalue weighted by molar-refractivity contribution is 7.99. The second kappa shape index (κ2) is 16.0. The molecule has 48 heavy (non-hydrogen) atoms. The molecule has 1 aliphatic heterocycles. The highest BCUT2D eigenvalue weighted by Gasteiger charge is 2.34. The number of nitrogens with one attached hydrogen (secondary N) is 1. The van der Waals surface area contributed by atoms with Crippen LogP contribution in [0.15, 0.2) is 58.6 Å². The Morgan fingerprint density at radius 3 is 2.54 bits per heavy atom. The van der Waals surface area contributed by atoms with Crippen molar-refractivity contribution in [3.8, 4) is 11.4 Å². The largest absolute Gasteiger partial charge is 0.458 e. The van der Waals surface area contributed by atoms with Gasteiger partial charge in [0.25, 0.3) is 0 Å². The lowest BCUT2D eigenvalue weighted by Crippen LogP contribution is -2.40. The number of hydrogen-bond acceptors (Lipinski definition) is 9. The number of para-hydroxylation sites is 1. The van der Waals surface area contributed by atoms with Crippen molar-refractivity contribution in [3.05, 3.63) is 54.1 Å². The summed E-state index contributed by atoms with van der Waals surface area (Å²) in [7, 11) is -3.70. The number of anilines is 1. The molecule has 0 radical (unpaired) electrons. The monoisotopic (exact) mass is 697 g/mol. The first-order valence-electron chi connectivity index (χ1n) is 16.9. The quantitative estimate of drug-likeness (QED) is 0.171. The average molecular weight is 698 g/mol. The van der Waals surface area contributed by atoms with E-state index in [1.807, 2.05) is 24.5 Å². The average Bonchev–Trinajstić information content (AvgIpc) is 3.51. The minimum atomic E-state index is -3.70. The zero-order valence-corrected chi connectivity index (χ0v) is 30.1. The molecule has 0 unspecified atom stereocenters. The Bertz CT molecular complexity index is 1690. The van der Waals surface area contributed by atoms with E-state index in [9.17, 15) is 18.0 Å². The van der Waals surface area contributed by atoms with Crippen LogP contribution in [0.3, 0.4) is 0 Å². The van der Waals surface area contributed by atoms with Crippen LogP contribution in [0.4, 0.5) is 5.69 Å². The van der Waals surface area contributed by atoms with Crippen LogP contribution >= 0.6 is 11.8 Å². The lowest BCUT2D eigenvalue weighted by Gasteiger charge is -2.36. The summed E-state index contributed by atoms with van der Waals surface area (Å²) in [6, 6.07) is 13.6. The molecule has 1 saturated heterocycles. The van der Waals surface area contributed by atoms with Gasteiger partial charge in [0, 0.05) is 24.7 Å². The molecule has 1 saturated carbocycles. The Morgan fingerprint density at radius 2 is 1.81 bits per heavy atom. The molecule has 1 amide bonds. The van der Waals surface area contributed by atoms with Gasteiger partial charge in [-0.3, -0.25) is 9.36 Å². The molecule has 1 aliphatic carbocycles. The van der Waals surface area contributed by atoms with Crippen LogP contribution in [0, 0.1) is 17.8 Å². The van der Waals surface area contributed by atoms with Gasteiger partial charge in [0.15, 0.2) is 11.0 Å². The molecule has 2 heterocycles. The molecule has 11 nitrogen and oxygen atoms in total. The second-order valence-electron chi connectivity index (χ2n) is 13.1. The zero-order chi connectivity index (χ0) is 34.4. The first-order valence-corrected chi connectivity index (χ1v) is 19.3. The van der Waals surface area contributed by atoms with Crippen molar-refractivity contribution in [1.82, 2.24) is 19.1 Å². The minimum absolute atomic E-state index is 0.0206. The van der Waals surface area contributed by atoms with Gasteiger partial charge in [0.05, 0.1) is 35.1 Å². The Kier molecular flexibility index (Phi) is 12.0. The lowest BCUT2D eigenvalue weighted by atomic mass is 9.75. The predicted molar refractivity (Wildman–Crippen MR) is 186 cm³/mol. The summed E-state index contributed by atoms with van der Waals surface area (Å²) in [5.74, 6) is 1.04. The van der Waals surface area contributed by atoms with Gasteiger partial charge in [-0.2, -0.15) is 4.31 Å². The molecule has 1 aromatic heterocycles. The van der Waals surface area contributed by atoms with Gasteiger partial charge in [-0.05, 0) is 68.2 Å². The fraction of sp³-hybridized carbons (Fsp3) is 0.543. The number of hydrogen-bond donors (Lipinski definition) is 1. The molecule has 2 aliphatic rings. The van der Waals surface area contributed by atoms with Gasteiger partial charge in [-0.1, -0.05) is 70.1 Å². The van der Waals surface area contributed by atoms with Crippen molar-refractivity contribution in [1.29, 1.82) is 0 Å². The van der Waals surface area contributed by atoms with E-state index in [2.05, 4.69) is 36.3 Å². The van der Waals surface area contributed by atoms with E-state index in [0.717, 1.165) is 25.7 Å². The Labute approximate surface area is 288 Å². The van der Waals surface area contributed by atoms with E-state index in [1.165, 1.54) is 16.1 Å². The van der Waals surface area contributed by atoms with Crippen LogP contribution in [0.5, 0.6) is 0 Å². The number of nitrogens with zero attached hydrogens (tertiary/aromatic N) is 4. The van der Waals surface area contributed by atoms with Crippen molar-refractivity contribution < 1.29 is 27.5 Å². The highest BCUT2D eigenvalue weighted by Crippen LogP contribution is 2.36. The topological polar surface area (TPSA) is 133 Å². The van der Waals surface area contributed by atoms with E-state index >= 15 is 0 Å². The normalized spacial score (nSPS) is 21.2. The Morgan fingerprint density at radius 1 is 1.06 bits per heavy atom. The third-order valence-electron chi connectivity index (χ3n) is 9.37. The minimum Gasteiger partial charge on any atom is -0.458 e. The lowest BCUT2D eigenvalue weighted by molar-refractivity contribution is -0.113. The predicted octanol–water partition coefficient (Wildman–Crippen LogP) is 6.29. The standard InChI is InChI=1S/C35H47N5O6S2/c1-6-25(5)40-33(26-10-9-11-27(21-26)48(43,44)39-16-18-45-19-17-39)37-38-35(40)47-22-32(41)36-30-13-8-7-12-29(30)34(42)46-31-20-24(4)14-15-28(31)23(2)3/h7-13,21,23-25,28,31H,6,14-20,22H2,1-5H3,(H,36,41)/t24-,25-,28-,31+/m1/s1. The third-order valence-corrected chi connectivity index (χ3v) is 12.2. The van der Waals surface area contributed by atoms with Crippen molar-refractivity contribution in [2.24, 2.45) is 17.8 Å².